The monoisotopic (exact) mass is 506 g/mol. The third-order valence-electron chi connectivity index (χ3n) is 4.29. The number of anilines is 1. The van der Waals surface area contributed by atoms with E-state index in [1.165, 1.54) is 22.8 Å². The lowest BCUT2D eigenvalue weighted by Gasteiger charge is -2.28. The van der Waals surface area contributed by atoms with Gasteiger partial charge in [-0.3, -0.25) is 0 Å². The summed E-state index contributed by atoms with van der Waals surface area (Å²) < 4.78 is 5.37. The summed E-state index contributed by atoms with van der Waals surface area (Å²) in [6.07, 6.45) is 2.17. The van der Waals surface area contributed by atoms with Gasteiger partial charge in [0.2, 0.25) is 0 Å². The number of guanidine groups is 1. The summed E-state index contributed by atoms with van der Waals surface area (Å²) in [5, 5.41) is 6.72. The van der Waals surface area contributed by atoms with E-state index in [0.717, 1.165) is 58.2 Å². The molecule has 0 aromatic heterocycles. The fourth-order valence-corrected chi connectivity index (χ4v) is 3.73. The lowest BCUT2D eigenvalue weighted by Crippen LogP contribution is -2.37. The summed E-state index contributed by atoms with van der Waals surface area (Å²) in [5.41, 5.74) is 2.58. The van der Waals surface area contributed by atoms with E-state index < -0.39 is 0 Å². The van der Waals surface area contributed by atoms with Crippen LogP contribution in [0.3, 0.4) is 0 Å². The molecule has 1 saturated heterocycles. The third kappa shape index (κ3) is 9.89. The minimum atomic E-state index is 0. The summed E-state index contributed by atoms with van der Waals surface area (Å²) in [4.78, 5) is 7.18. The first-order valence-electron chi connectivity index (χ1n) is 9.85. The fourth-order valence-electron chi connectivity index (χ4n) is 2.83. The van der Waals surface area contributed by atoms with Gasteiger partial charge < -0.3 is 20.3 Å². The normalized spacial score (nSPS) is 14.6. The summed E-state index contributed by atoms with van der Waals surface area (Å²) in [5.74, 6) is 3.35. The summed E-state index contributed by atoms with van der Waals surface area (Å²) >= 11 is 2.04. The van der Waals surface area contributed by atoms with Crippen molar-refractivity contribution in [3.05, 3.63) is 29.8 Å². The second-order valence-electron chi connectivity index (χ2n) is 6.29. The Balaban J connectivity index is 0.00000364. The maximum atomic E-state index is 5.37. The molecular formula is C20H35IN4OS. The summed E-state index contributed by atoms with van der Waals surface area (Å²) in [6.45, 7) is 10.6. The van der Waals surface area contributed by atoms with E-state index in [9.17, 15) is 0 Å². The van der Waals surface area contributed by atoms with Crippen LogP contribution in [0, 0.1) is 0 Å². The predicted molar refractivity (Wildman–Crippen MR) is 130 cm³/mol. The molecule has 1 aliphatic heterocycles. The molecule has 0 radical (unpaired) electrons. The van der Waals surface area contributed by atoms with Crippen molar-refractivity contribution < 1.29 is 4.74 Å². The number of hydrogen-bond donors (Lipinski definition) is 2. The molecule has 0 amide bonds. The average molecular weight is 506 g/mol. The van der Waals surface area contributed by atoms with Gasteiger partial charge in [0.25, 0.3) is 0 Å². The van der Waals surface area contributed by atoms with Gasteiger partial charge >= 0.3 is 0 Å². The van der Waals surface area contributed by atoms with Crippen LogP contribution in [0.25, 0.3) is 0 Å². The first-order valence-corrected chi connectivity index (χ1v) is 11.0. The van der Waals surface area contributed by atoms with Gasteiger partial charge in [0.15, 0.2) is 5.96 Å². The van der Waals surface area contributed by atoms with E-state index in [-0.39, 0.29) is 24.0 Å². The quantitative estimate of drug-likeness (QED) is 0.219. The van der Waals surface area contributed by atoms with Gasteiger partial charge in [0, 0.05) is 56.6 Å². The first kappa shape index (κ1) is 24.4. The second-order valence-corrected chi connectivity index (χ2v) is 7.52. The van der Waals surface area contributed by atoms with Crippen LogP contribution < -0.4 is 15.5 Å². The van der Waals surface area contributed by atoms with Crippen LogP contribution in [0.1, 0.15) is 32.3 Å². The molecule has 1 heterocycles. The topological polar surface area (TPSA) is 48.9 Å². The van der Waals surface area contributed by atoms with Crippen molar-refractivity contribution in [1.82, 2.24) is 10.6 Å². The predicted octanol–water partition coefficient (Wildman–Crippen LogP) is 3.73. The molecule has 0 atom stereocenters. The number of hydrogen-bond acceptors (Lipinski definition) is 4. The number of benzene rings is 1. The summed E-state index contributed by atoms with van der Waals surface area (Å²) in [6, 6.07) is 8.86. The molecule has 1 fully saturated rings. The van der Waals surface area contributed by atoms with Crippen LogP contribution in [-0.2, 0) is 11.3 Å². The molecule has 0 spiro atoms. The molecule has 0 aliphatic carbocycles. The molecule has 27 heavy (non-hydrogen) atoms. The lowest BCUT2D eigenvalue weighted by molar-refractivity contribution is 0.143. The molecule has 5 nitrogen and oxygen atoms in total. The number of ether oxygens (including phenoxy) is 1. The van der Waals surface area contributed by atoms with E-state index in [4.69, 9.17) is 9.73 Å². The average Bonchev–Trinajstić information content (AvgIpc) is 2.70. The van der Waals surface area contributed by atoms with E-state index in [1.807, 2.05) is 18.7 Å². The maximum absolute atomic E-state index is 5.37. The number of aliphatic imine (C=N–C) groups is 1. The molecule has 1 aliphatic rings. The Morgan fingerprint density at radius 2 is 1.85 bits per heavy atom. The second kappa shape index (κ2) is 15.3. The first-order chi connectivity index (χ1) is 12.8. The van der Waals surface area contributed by atoms with Crippen molar-refractivity contribution in [3.8, 4) is 0 Å². The van der Waals surface area contributed by atoms with Crippen LogP contribution in [0.5, 0.6) is 0 Å². The van der Waals surface area contributed by atoms with Crippen LogP contribution in [0.2, 0.25) is 0 Å². The Kier molecular flexibility index (Phi) is 13.8. The van der Waals surface area contributed by atoms with Crippen molar-refractivity contribution in [2.45, 2.75) is 33.2 Å². The van der Waals surface area contributed by atoms with E-state index >= 15 is 0 Å². The van der Waals surface area contributed by atoms with Crippen molar-refractivity contribution >= 4 is 47.4 Å². The maximum Gasteiger partial charge on any atom is 0.191 e. The number of nitrogens with zero attached hydrogens (tertiary/aromatic N) is 2. The van der Waals surface area contributed by atoms with E-state index in [0.29, 0.717) is 6.54 Å². The van der Waals surface area contributed by atoms with Gasteiger partial charge in [0.05, 0.1) is 6.54 Å². The van der Waals surface area contributed by atoms with Crippen molar-refractivity contribution in [2.75, 3.05) is 55.8 Å². The standard InChI is InChI=1S/C20H34N4OS.HI/c1-3-21-20(22-11-5-6-14-25-4-2)23-17-18-7-9-19(10-8-18)24-12-15-26-16-13-24;/h7-10H,3-6,11-17H2,1-2H3,(H2,21,22,23);1H. The van der Waals surface area contributed by atoms with Gasteiger partial charge in [-0.15, -0.1) is 24.0 Å². The smallest absolute Gasteiger partial charge is 0.191 e. The minimum absolute atomic E-state index is 0. The molecule has 0 saturated carbocycles. The number of rotatable bonds is 10. The van der Waals surface area contributed by atoms with Crippen molar-refractivity contribution in [1.29, 1.82) is 0 Å². The number of unbranched alkanes of at least 4 members (excludes halogenated alkanes) is 1. The van der Waals surface area contributed by atoms with Gasteiger partial charge in [-0.1, -0.05) is 12.1 Å². The lowest BCUT2D eigenvalue weighted by atomic mass is 10.2. The zero-order valence-corrected chi connectivity index (χ0v) is 19.9. The molecular weight excluding hydrogens is 471 g/mol. The SMILES string of the molecule is CCNC(=NCc1ccc(N2CCSCC2)cc1)NCCCCOCC.I. The summed E-state index contributed by atoms with van der Waals surface area (Å²) in [7, 11) is 0. The molecule has 2 rings (SSSR count). The largest absolute Gasteiger partial charge is 0.382 e. The third-order valence-corrected chi connectivity index (χ3v) is 5.23. The van der Waals surface area contributed by atoms with Crippen LogP contribution in [0.4, 0.5) is 5.69 Å². The highest BCUT2D eigenvalue weighted by atomic mass is 127. The number of halogens is 1. The van der Waals surface area contributed by atoms with E-state index in [1.54, 1.807) is 0 Å². The minimum Gasteiger partial charge on any atom is -0.382 e. The Bertz CT molecular complexity index is 521. The van der Waals surface area contributed by atoms with Crippen LogP contribution in [0.15, 0.2) is 29.3 Å². The Morgan fingerprint density at radius 3 is 2.52 bits per heavy atom. The highest BCUT2D eigenvalue weighted by Crippen LogP contribution is 2.20. The highest BCUT2D eigenvalue weighted by Gasteiger charge is 2.10. The van der Waals surface area contributed by atoms with Gasteiger partial charge in [0.1, 0.15) is 0 Å². The van der Waals surface area contributed by atoms with Crippen molar-refractivity contribution in [3.63, 3.8) is 0 Å². The Morgan fingerprint density at radius 1 is 1.11 bits per heavy atom. The molecule has 7 heteroatoms. The van der Waals surface area contributed by atoms with Gasteiger partial charge in [-0.05, 0) is 44.4 Å². The number of thioether (sulfide) groups is 1. The van der Waals surface area contributed by atoms with Gasteiger partial charge in [-0.2, -0.15) is 11.8 Å². The molecule has 1 aromatic carbocycles. The molecule has 154 valence electrons. The molecule has 0 unspecified atom stereocenters. The zero-order chi connectivity index (χ0) is 18.5. The molecule has 2 N–H and O–H groups in total. The van der Waals surface area contributed by atoms with Crippen molar-refractivity contribution in [2.24, 2.45) is 4.99 Å². The fraction of sp³-hybridized carbons (Fsp3) is 0.650. The highest BCUT2D eigenvalue weighted by molar-refractivity contribution is 14.0. The molecule has 0 bridgehead atoms. The van der Waals surface area contributed by atoms with Crippen LogP contribution in [-0.4, -0.2) is 56.9 Å². The Hall–Kier alpha value is -0.670. The van der Waals surface area contributed by atoms with Gasteiger partial charge in [-0.25, -0.2) is 4.99 Å². The number of nitrogens with one attached hydrogen (secondary N) is 2. The Labute approximate surface area is 186 Å². The molecule has 1 aromatic rings. The zero-order valence-electron chi connectivity index (χ0n) is 16.7. The van der Waals surface area contributed by atoms with Crippen LogP contribution >= 0.6 is 35.7 Å². The van der Waals surface area contributed by atoms with E-state index in [2.05, 4.69) is 46.7 Å².